The molecule has 0 bridgehead atoms. The van der Waals surface area contributed by atoms with E-state index in [-0.39, 0.29) is 5.91 Å². The Balaban J connectivity index is 1.90. The SMILES string of the molecule is CC1(C)C(=O)Nc2cc3nc(-c4ccncc4)[nH]c3cc21. The number of rotatable bonds is 1. The summed E-state index contributed by atoms with van der Waals surface area (Å²) in [7, 11) is 0. The summed E-state index contributed by atoms with van der Waals surface area (Å²) in [6.45, 7) is 3.86. The van der Waals surface area contributed by atoms with Crippen molar-refractivity contribution in [3.05, 3.63) is 42.2 Å². The number of anilines is 1. The van der Waals surface area contributed by atoms with Crippen molar-refractivity contribution < 1.29 is 4.79 Å². The fraction of sp³-hybridized carbons (Fsp3) is 0.188. The number of hydrogen-bond donors (Lipinski definition) is 2. The fourth-order valence-corrected chi connectivity index (χ4v) is 2.72. The summed E-state index contributed by atoms with van der Waals surface area (Å²) < 4.78 is 0. The first-order chi connectivity index (χ1) is 10.1. The molecule has 1 aliphatic rings. The van der Waals surface area contributed by atoms with Gasteiger partial charge in [-0.3, -0.25) is 9.78 Å². The molecule has 5 nitrogen and oxygen atoms in total. The van der Waals surface area contributed by atoms with E-state index >= 15 is 0 Å². The van der Waals surface area contributed by atoms with Crippen molar-refractivity contribution >= 4 is 22.6 Å². The van der Waals surface area contributed by atoms with Crippen LogP contribution in [0.2, 0.25) is 0 Å². The molecule has 0 aliphatic carbocycles. The number of fused-ring (bicyclic) bond motifs is 2. The van der Waals surface area contributed by atoms with Crippen LogP contribution in [-0.2, 0) is 10.2 Å². The van der Waals surface area contributed by atoms with Crippen LogP contribution in [0.1, 0.15) is 19.4 Å². The zero-order valence-electron chi connectivity index (χ0n) is 11.8. The Hall–Kier alpha value is -2.69. The average molecular weight is 278 g/mol. The first kappa shape index (κ1) is 12.1. The maximum Gasteiger partial charge on any atom is 0.234 e. The number of carbonyl (C=O) groups excluding carboxylic acids is 1. The Kier molecular flexibility index (Phi) is 2.25. The largest absolute Gasteiger partial charge is 0.338 e. The van der Waals surface area contributed by atoms with Crippen LogP contribution in [0.15, 0.2) is 36.7 Å². The third-order valence-electron chi connectivity index (χ3n) is 4.06. The minimum absolute atomic E-state index is 0.0273. The van der Waals surface area contributed by atoms with Gasteiger partial charge < -0.3 is 10.3 Å². The van der Waals surface area contributed by atoms with Crippen molar-refractivity contribution in [2.45, 2.75) is 19.3 Å². The second-order valence-corrected chi connectivity index (χ2v) is 5.82. The lowest BCUT2D eigenvalue weighted by molar-refractivity contribution is -0.119. The summed E-state index contributed by atoms with van der Waals surface area (Å²) in [5, 5.41) is 2.93. The average Bonchev–Trinajstić information content (AvgIpc) is 2.98. The molecule has 3 aromatic rings. The molecular weight excluding hydrogens is 264 g/mol. The maximum absolute atomic E-state index is 12.0. The summed E-state index contributed by atoms with van der Waals surface area (Å²) in [6, 6.07) is 7.77. The van der Waals surface area contributed by atoms with Gasteiger partial charge in [-0.25, -0.2) is 4.98 Å². The first-order valence-electron chi connectivity index (χ1n) is 6.82. The van der Waals surface area contributed by atoms with Gasteiger partial charge in [-0.15, -0.1) is 0 Å². The lowest BCUT2D eigenvalue weighted by atomic mass is 9.86. The molecule has 5 heteroatoms. The summed E-state index contributed by atoms with van der Waals surface area (Å²) in [4.78, 5) is 23.9. The molecule has 4 rings (SSSR count). The highest BCUT2D eigenvalue weighted by atomic mass is 16.2. The maximum atomic E-state index is 12.0. The third-order valence-corrected chi connectivity index (χ3v) is 4.06. The van der Waals surface area contributed by atoms with Crippen LogP contribution in [0.25, 0.3) is 22.4 Å². The van der Waals surface area contributed by atoms with Crippen LogP contribution >= 0.6 is 0 Å². The molecule has 0 fully saturated rings. The van der Waals surface area contributed by atoms with Crippen molar-refractivity contribution in [1.29, 1.82) is 0 Å². The molecule has 0 saturated heterocycles. The van der Waals surface area contributed by atoms with Gasteiger partial charge >= 0.3 is 0 Å². The normalized spacial score (nSPS) is 16.0. The number of nitrogens with one attached hydrogen (secondary N) is 2. The minimum Gasteiger partial charge on any atom is -0.338 e. The molecule has 0 atom stereocenters. The van der Waals surface area contributed by atoms with Gasteiger partial charge in [0.1, 0.15) is 5.82 Å². The van der Waals surface area contributed by atoms with Gasteiger partial charge in [0.25, 0.3) is 0 Å². The number of pyridine rings is 1. The number of benzene rings is 1. The van der Waals surface area contributed by atoms with Crippen LogP contribution in [-0.4, -0.2) is 20.9 Å². The smallest absolute Gasteiger partial charge is 0.234 e. The Labute approximate surface area is 121 Å². The monoisotopic (exact) mass is 278 g/mol. The standard InChI is InChI=1S/C16H14N4O/c1-16(2)10-7-12-13(8-11(10)20-15(16)21)19-14(18-12)9-3-5-17-6-4-9/h3-8H,1-2H3,(H,18,19)(H,20,21). The van der Waals surface area contributed by atoms with Crippen LogP contribution in [0.3, 0.4) is 0 Å². The van der Waals surface area contributed by atoms with Crippen molar-refractivity contribution in [3.63, 3.8) is 0 Å². The number of imidazole rings is 1. The predicted molar refractivity (Wildman–Crippen MR) is 81.0 cm³/mol. The second-order valence-electron chi connectivity index (χ2n) is 5.82. The topological polar surface area (TPSA) is 70.7 Å². The molecule has 1 aromatic carbocycles. The molecule has 3 heterocycles. The second kappa shape index (κ2) is 3.91. The molecule has 0 spiro atoms. The molecule has 1 aliphatic heterocycles. The minimum atomic E-state index is -0.508. The lowest BCUT2D eigenvalue weighted by Gasteiger charge is -2.14. The predicted octanol–water partition coefficient (Wildman–Crippen LogP) is 2.85. The van der Waals surface area contributed by atoms with Gasteiger partial charge in [-0.05, 0) is 43.7 Å². The number of aromatic amines is 1. The van der Waals surface area contributed by atoms with E-state index in [1.54, 1.807) is 12.4 Å². The van der Waals surface area contributed by atoms with Crippen LogP contribution in [0, 0.1) is 0 Å². The Bertz CT molecular complexity index is 865. The Morgan fingerprint density at radius 2 is 1.90 bits per heavy atom. The van der Waals surface area contributed by atoms with Crippen molar-refractivity contribution in [2.24, 2.45) is 0 Å². The van der Waals surface area contributed by atoms with Gasteiger partial charge in [-0.1, -0.05) is 0 Å². The van der Waals surface area contributed by atoms with Gasteiger partial charge in [0, 0.05) is 23.6 Å². The van der Waals surface area contributed by atoms with Crippen molar-refractivity contribution in [1.82, 2.24) is 15.0 Å². The number of amides is 1. The highest BCUT2D eigenvalue weighted by molar-refractivity contribution is 6.07. The lowest BCUT2D eigenvalue weighted by Crippen LogP contribution is -2.26. The van der Waals surface area contributed by atoms with E-state index in [0.29, 0.717) is 0 Å². The molecule has 2 aromatic heterocycles. The summed E-state index contributed by atoms with van der Waals surface area (Å²) in [5.41, 5.74) is 4.12. The number of hydrogen-bond acceptors (Lipinski definition) is 3. The van der Waals surface area contributed by atoms with E-state index in [0.717, 1.165) is 33.7 Å². The van der Waals surface area contributed by atoms with Gasteiger partial charge in [0.05, 0.1) is 16.4 Å². The molecule has 2 N–H and O–H groups in total. The summed E-state index contributed by atoms with van der Waals surface area (Å²) in [6.07, 6.45) is 3.48. The van der Waals surface area contributed by atoms with E-state index in [2.05, 4.69) is 20.3 Å². The van der Waals surface area contributed by atoms with Gasteiger partial charge in [0.15, 0.2) is 0 Å². The highest BCUT2D eigenvalue weighted by Crippen LogP contribution is 2.39. The van der Waals surface area contributed by atoms with E-state index in [4.69, 9.17) is 0 Å². The van der Waals surface area contributed by atoms with Gasteiger partial charge in [0.2, 0.25) is 5.91 Å². The molecule has 1 amide bonds. The molecule has 0 saturated carbocycles. The molecule has 21 heavy (non-hydrogen) atoms. The summed E-state index contributed by atoms with van der Waals surface area (Å²) >= 11 is 0. The number of H-pyrrole nitrogens is 1. The van der Waals surface area contributed by atoms with Crippen LogP contribution in [0.5, 0.6) is 0 Å². The molecule has 0 unspecified atom stereocenters. The Morgan fingerprint density at radius 1 is 1.14 bits per heavy atom. The molecular formula is C16H14N4O. The van der Waals surface area contributed by atoms with Crippen LogP contribution < -0.4 is 5.32 Å². The quantitative estimate of drug-likeness (QED) is 0.719. The van der Waals surface area contributed by atoms with E-state index in [1.165, 1.54) is 0 Å². The van der Waals surface area contributed by atoms with E-state index in [1.807, 2.05) is 38.1 Å². The number of carbonyl (C=O) groups is 1. The van der Waals surface area contributed by atoms with Gasteiger partial charge in [-0.2, -0.15) is 0 Å². The summed E-state index contributed by atoms with van der Waals surface area (Å²) in [5.74, 6) is 0.833. The molecule has 104 valence electrons. The first-order valence-corrected chi connectivity index (χ1v) is 6.82. The van der Waals surface area contributed by atoms with Crippen molar-refractivity contribution in [3.8, 4) is 11.4 Å². The Morgan fingerprint density at radius 3 is 2.67 bits per heavy atom. The third kappa shape index (κ3) is 1.67. The van der Waals surface area contributed by atoms with Crippen LogP contribution in [0.4, 0.5) is 5.69 Å². The van der Waals surface area contributed by atoms with E-state index in [9.17, 15) is 4.79 Å². The van der Waals surface area contributed by atoms with E-state index < -0.39 is 5.41 Å². The zero-order chi connectivity index (χ0) is 14.6. The van der Waals surface area contributed by atoms with Crippen molar-refractivity contribution in [2.75, 3.05) is 5.32 Å². The zero-order valence-corrected chi connectivity index (χ0v) is 11.8. The highest BCUT2D eigenvalue weighted by Gasteiger charge is 2.38. The molecule has 0 radical (unpaired) electrons. The number of nitrogens with zero attached hydrogens (tertiary/aromatic N) is 2. The fourth-order valence-electron chi connectivity index (χ4n) is 2.72. The number of aromatic nitrogens is 3.